The summed E-state index contributed by atoms with van der Waals surface area (Å²) in [5, 5.41) is 21.7. The largest absolute Gasteiger partial charge is 0.491 e. The molecule has 5 amide bonds. The predicted octanol–water partition coefficient (Wildman–Crippen LogP) is -0.852. The highest BCUT2D eigenvalue weighted by atomic mass is 16.5. The molecule has 2 fully saturated rings. The van der Waals surface area contributed by atoms with Crippen LogP contribution in [0.3, 0.4) is 0 Å². The number of nitrogens with one attached hydrogen (secondary N) is 4. The fourth-order valence-electron chi connectivity index (χ4n) is 4.00. The van der Waals surface area contributed by atoms with Crippen LogP contribution in [0.2, 0.25) is 0 Å². The summed E-state index contributed by atoms with van der Waals surface area (Å²) >= 11 is 0. The first-order valence-electron chi connectivity index (χ1n) is 13.6. The molecule has 0 aliphatic carbocycles. The van der Waals surface area contributed by atoms with Gasteiger partial charge in [-0.15, -0.1) is 0 Å². The van der Waals surface area contributed by atoms with Gasteiger partial charge in [-0.25, -0.2) is 9.59 Å². The van der Waals surface area contributed by atoms with Crippen LogP contribution in [0.4, 0.5) is 9.59 Å². The van der Waals surface area contributed by atoms with E-state index >= 15 is 0 Å². The van der Waals surface area contributed by atoms with Gasteiger partial charge in [-0.05, 0) is 24.1 Å². The zero-order valence-electron chi connectivity index (χ0n) is 22.5. The topological polar surface area (TPSA) is 154 Å². The number of amides is 5. The van der Waals surface area contributed by atoms with E-state index in [1.54, 1.807) is 9.80 Å². The minimum atomic E-state index is -0.693. The third-order valence-corrected chi connectivity index (χ3v) is 6.28. The molecule has 5 N–H and O–H groups in total. The molecule has 0 saturated carbocycles. The number of urea groups is 2. The van der Waals surface area contributed by atoms with E-state index in [2.05, 4.69) is 21.3 Å². The lowest BCUT2D eigenvalue weighted by molar-refractivity contribution is -0.121. The Morgan fingerprint density at radius 3 is 1.95 bits per heavy atom. The lowest BCUT2D eigenvalue weighted by atomic mass is 10.1. The van der Waals surface area contributed by atoms with Crippen molar-refractivity contribution in [1.82, 2.24) is 31.1 Å². The van der Waals surface area contributed by atoms with Crippen LogP contribution in [0.15, 0.2) is 24.3 Å². The molecule has 0 aromatic heterocycles. The third-order valence-electron chi connectivity index (χ3n) is 6.28. The molecular weight excluding hydrogens is 508 g/mol. The summed E-state index contributed by atoms with van der Waals surface area (Å²) in [6, 6.07) is 7.19. The maximum absolute atomic E-state index is 12.1. The molecule has 13 heteroatoms. The van der Waals surface area contributed by atoms with Crippen molar-refractivity contribution in [2.75, 3.05) is 91.9 Å². The highest BCUT2D eigenvalue weighted by Gasteiger charge is 2.17. The Bertz CT molecular complexity index is 876. The molecule has 0 unspecified atom stereocenters. The number of ether oxygens (including phenoxy) is 3. The molecule has 3 rings (SSSR count). The van der Waals surface area contributed by atoms with E-state index in [9.17, 15) is 19.5 Å². The number of hydrogen-bond acceptors (Lipinski definition) is 8. The molecule has 0 bridgehead atoms. The van der Waals surface area contributed by atoms with Crippen LogP contribution < -0.4 is 26.0 Å². The number of benzene rings is 1. The number of morpholine rings is 2. The van der Waals surface area contributed by atoms with Crippen LogP contribution in [0.5, 0.6) is 5.75 Å². The van der Waals surface area contributed by atoms with Crippen molar-refractivity contribution in [3.8, 4) is 5.75 Å². The van der Waals surface area contributed by atoms with Crippen LogP contribution in [0.1, 0.15) is 12.0 Å². The molecule has 1 aromatic rings. The number of nitrogens with zero attached hydrogens (tertiary/aromatic N) is 2. The molecule has 0 radical (unpaired) electrons. The molecule has 218 valence electrons. The number of aryl methyl sites for hydroxylation is 1. The zero-order chi connectivity index (χ0) is 27.7. The number of hydrogen-bond donors (Lipinski definition) is 5. The van der Waals surface area contributed by atoms with Crippen LogP contribution in [0, 0.1) is 0 Å². The molecule has 2 aliphatic heterocycles. The van der Waals surface area contributed by atoms with E-state index in [1.165, 1.54) is 0 Å². The minimum absolute atomic E-state index is 0.0766. The maximum atomic E-state index is 12.1. The number of aliphatic hydroxyl groups excluding tert-OH is 1. The maximum Gasteiger partial charge on any atom is 0.317 e. The van der Waals surface area contributed by atoms with Gasteiger partial charge in [-0.2, -0.15) is 0 Å². The van der Waals surface area contributed by atoms with Crippen molar-refractivity contribution in [2.45, 2.75) is 18.9 Å². The summed E-state index contributed by atoms with van der Waals surface area (Å²) in [4.78, 5) is 39.5. The fourth-order valence-corrected chi connectivity index (χ4v) is 4.00. The number of rotatable bonds is 14. The SMILES string of the molecule is O=C(CCc1ccc(OC[C@@H](O)CNCCNC(=O)N2CCOCC2)cc1)NCCNC(=O)N1CCOCC1. The normalized spacial score (nSPS) is 16.3. The fraction of sp³-hybridized carbons (Fsp3) is 0.654. The zero-order valence-corrected chi connectivity index (χ0v) is 22.5. The van der Waals surface area contributed by atoms with E-state index in [1.807, 2.05) is 24.3 Å². The van der Waals surface area contributed by atoms with E-state index in [-0.39, 0.29) is 24.6 Å². The quantitative estimate of drug-likeness (QED) is 0.188. The predicted molar refractivity (Wildman–Crippen MR) is 144 cm³/mol. The Labute approximate surface area is 229 Å². The molecule has 1 aromatic carbocycles. The molecule has 1 atom stereocenters. The van der Waals surface area contributed by atoms with E-state index < -0.39 is 6.10 Å². The number of carbonyl (C=O) groups is 3. The molecule has 13 nitrogen and oxygen atoms in total. The molecule has 2 aliphatic rings. The first-order valence-corrected chi connectivity index (χ1v) is 13.6. The van der Waals surface area contributed by atoms with Crippen molar-refractivity contribution in [3.63, 3.8) is 0 Å². The standard InChI is InChI=1S/C26H42N6O7/c33-22(19-27-7-8-29-25(35)31-11-15-37-16-12-31)20-39-23-4-1-21(2-5-23)3-6-24(34)28-9-10-30-26(36)32-13-17-38-18-14-32/h1-2,4-5,22,27,33H,3,6-20H2,(H,28,34)(H,29,35)(H,30,36)/t22-/m0/s1. The van der Waals surface area contributed by atoms with Gasteiger partial charge >= 0.3 is 12.1 Å². The van der Waals surface area contributed by atoms with Gasteiger partial charge in [0, 0.05) is 65.3 Å². The van der Waals surface area contributed by atoms with E-state index in [4.69, 9.17) is 14.2 Å². The monoisotopic (exact) mass is 550 g/mol. The summed E-state index contributed by atoms with van der Waals surface area (Å²) in [5.74, 6) is 0.559. The summed E-state index contributed by atoms with van der Waals surface area (Å²) in [6.45, 7) is 6.84. The first-order chi connectivity index (χ1) is 19.0. The second-order valence-electron chi connectivity index (χ2n) is 9.33. The van der Waals surface area contributed by atoms with Crippen molar-refractivity contribution >= 4 is 18.0 Å². The smallest absolute Gasteiger partial charge is 0.317 e. The Morgan fingerprint density at radius 2 is 1.36 bits per heavy atom. The molecule has 0 spiro atoms. The lowest BCUT2D eigenvalue weighted by Gasteiger charge is -2.27. The van der Waals surface area contributed by atoms with Gasteiger partial charge < -0.3 is 50.4 Å². The molecule has 39 heavy (non-hydrogen) atoms. The van der Waals surface area contributed by atoms with Gasteiger partial charge in [-0.3, -0.25) is 4.79 Å². The summed E-state index contributed by atoms with van der Waals surface area (Å²) in [7, 11) is 0. The Morgan fingerprint density at radius 1 is 0.821 bits per heavy atom. The average Bonchev–Trinajstić information content (AvgIpc) is 2.98. The second kappa shape index (κ2) is 17.5. The summed E-state index contributed by atoms with van der Waals surface area (Å²) in [5.41, 5.74) is 1.000. The highest BCUT2D eigenvalue weighted by Crippen LogP contribution is 2.13. The van der Waals surface area contributed by atoms with Crippen molar-refractivity contribution in [2.24, 2.45) is 0 Å². The van der Waals surface area contributed by atoms with E-state index in [0.717, 1.165) is 5.56 Å². The third kappa shape index (κ3) is 12.1. The Hall–Kier alpha value is -3.13. The molecule has 2 heterocycles. The van der Waals surface area contributed by atoms with Crippen molar-refractivity contribution in [3.05, 3.63) is 29.8 Å². The minimum Gasteiger partial charge on any atom is -0.491 e. The van der Waals surface area contributed by atoms with Crippen molar-refractivity contribution < 1.29 is 33.7 Å². The Kier molecular flexibility index (Phi) is 13.6. The molecular formula is C26H42N6O7. The van der Waals surface area contributed by atoms with Crippen molar-refractivity contribution in [1.29, 1.82) is 0 Å². The Balaban J connectivity index is 1.18. The lowest BCUT2D eigenvalue weighted by Crippen LogP contribution is -2.47. The van der Waals surface area contributed by atoms with Gasteiger partial charge in [0.2, 0.25) is 5.91 Å². The second-order valence-corrected chi connectivity index (χ2v) is 9.33. The average molecular weight is 551 g/mol. The highest BCUT2D eigenvalue weighted by molar-refractivity contribution is 5.76. The number of aliphatic hydroxyl groups is 1. The first kappa shape index (κ1) is 30.4. The van der Waals surface area contributed by atoms with Crippen LogP contribution in [-0.2, 0) is 20.7 Å². The van der Waals surface area contributed by atoms with Crippen LogP contribution in [-0.4, -0.2) is 131 Å². The summed E-state index contributed by atoms with van der Waals surface area (Å²) < 4.78 is 16.1. The number of carbonyl (C=O) groups excluding carboxylic acids is 3. The van der Waals surface area contributed by atoms with Crippen LogP contribution in [0.25, 0.3) is 0 Å². The van der Waals surface area contributed by atoms with Gasteiger partial charge in [-0.1, -0.05) is 12.1 Å². The van der Waals surface area contributed by atoms with E-state index in [0.29, 0.717) is 104 Å². The van der Waals surface area contributed by atoms with Gasteiger partial charge in [0.1, 0.15) is 18.5 Å². The molecule has 2 saturated heterocycles. The van der Waals surface area contributed by atoms with Gasteiger partial charge in [0.05, 0.1) is 26.4 Å². The van der Waals surface area contributed by atoms with Crippen LogP contribution >= 0.6 is 0 Å². The van der Waals surface area contributed by atoms with Gasteiger partial charge in [0.15, 0.2) is 0 Å². The van der Waals surface area contributed by atoms with Gasteiger partial charge in [0.25, 0.3) is 0 Å². The summed E-state index contributed by atoms with van der Waals surface area (Å²) in [6.07, 6.45) is 0.234.